The maximum Gasteiger partial charge on any atom is 0.237 e. The molecule has 2 nitrogen and oxygen atoms in total. The van der Waals surface area contributed by atoms with Gasteiger partial charge in [-0.05, 0) is 12.1 Å². The topological polar surface area (TPSA) is 30.0 Å². The summed E-state index contributed by atoms with van der Waals surface area (Å²) >= 11 is 10.1. The molecule has 0 N–H and O–H groups in total. The lowest BCUT2D eigenvalue weighted by Crippen LogP contribution is -1.94. The van der Waals surface area contributed by atoms with E-state index in [4.69, 9.17) is 11.6 Å². The highest BCUT2D eigenvalue weighted by atomic mass is 79.9. The minimum atomic E-state index is -0.0899. The highest BCUT2D eigenvalue weighted by Gasteiger charge is 2.03. The molecule has 0 bridgehead atoms. The van der Waals surface area contributed by atoms with E-state index in [9.17, 15) is 4.79 Å². The summed E-state index contributed by atoms with van der Waals surface area (Å²) in [4.78, 5) is 15.3. The van der Waals surface area contributed by atoms with Gasteiger partial charge in [-0.15, -0.1) is 0 Å². The standard InChI is InChI=1S/C10H5BrClNOS/c11-7-3-1-6(2-4-7)10-13-8(12)5-9(14)15-10/h1-5H. The predicted molar refractivity (Wildman–Crippen MR) is 66.5 cm³/mol. The Balaban J connectivity index is 2.54. The van der Waals surface area contributed by atoms with Gasteiger partial charge in [0.1, 0.15) is 10.2 Å². The molecule has 1 aromatic heterocycles. The Morgan fingerprint density at radius 1 is 1.27 bits per heavy atom. The van der Waals surface area contributed by atoms with Crippen molar-refractivity contribution < 1.29 is 0 Å². The van der Waals surface area contributed by atoms with E-state index in [0.717, 1.165) is 21.4 Å². The van der Waals surface area contributed by atoms with Gasteiger partial charge in [0.15, 0.2) is 0 Å². The molecule has 0 spiro atoms. The normalized spacial score (nSPS) is 10.3. The summed E-state index contributed by atoms with van der Waals surface area (Å²) in [5.41, 5.74) is 0.891. The second kappa shape index (κ2) is 4.43. The van der Waals surface area contributed by atoms with Crippen LogP contribution in [0.25, 0.3) is 10.6 Å². The first-order valence-electron chi connectivity index (χ1n) is 4.09. The van der Waals surface area contributed by atoms with Crippen LogP contribution >= 0.6 is 38.9 Å². The van der Waals surface area contributed by atoms with Crippen molar-refractivity contribution in [1.29, 1.82) is 0 Å². The second-order valence-electron chi connectivity index (χ2n) is 2.81. The molecule has 0 amide bonds. The molecular weight excluding hydrogens is 298 g/mol. The van der Waals surface area contributed by atoms with Crippen molar-refractivity contribution in [3.63, 3.8) is 0 Å². The van der Waals surface area contributed by atoms with E-state index in [-0.39, 0.29) is 9.90 Å². The Hall–Kier alpha value is -0.710. The van der Waals surface area contributed by atoms with Crippen LogP contribution in [0.4, 0.5) is 0 Å². The van der Waals surface area contributed by atoms with Crippen molar-refractivity contribution in [2.75, 3.05) is 0 Å². The second-order valence-corrected chi connectivity index (χ2v) is 5.11. The van der Waals surface area contributed by atoms with E-state index in [1.165, 1.54) is 6.07 Å². The molecule has 0 radical (unpaired) electrons. The molecule has 76 valence electrons. The Kier molecular flexibility index (Phi) is 3.19. The summed E-state index contributed by atoms with van der Waals surface area (Å²) in [6.07, 6.45) is 0. The van der Waals surface area contributed by atoms with E-state index in [0.29, 0.717) is 5.01 Å². The molecular formula is C10H5BrClNOS. The van der Waals surface area contributed by atoms with Gasteiger partial charge >= 0.3 is 0 Å². The molecule has 0 fully saturated rings. The van der Waals surface area contributed by atoms with Crippen LogP contribution < -0.4 is 4.74 Å². The zero-order valence-electron chi connectivity index (χ0n) is 7.41. The molecule has 2 aromatic rings. The summed E-state index contributed by atoms with van der Waals surface area (Å²) in [5.74, 6) is 0. The van der Waals surface area contributed by atoms with Crippen LogP contribution in [0.5, 0.6) is 0 Å². The van der Waals surface area contributed by atoms with Crippen molar-refractivity contribution in [2.24, 2.45) is 0 Å². The fraction of sp³-hybridized carbons (Fsp3) is 0. The number of nitrogens with zero attached hydrogens (tertiary/aromatic N) is 1. The van der Waals surface area contributed by atoms with E-state index in [1.807, 2.05) is 24.3 Å². The lowest BCUT2D eigenvalue weighted by atomic mass is 10.2. The molecule has 1 aromatic carbocycles. The Bertz CT molecular complexity index is 538. The molecule has 2 rings (SSSR count). The van der Waals surface area contributed by atoms with Gasteiger partial charge in [0.2, 0.25) is 4.74 Å². The molecule has 0 saturated heterocycles. The van der Waals surface area contributed by atoms with E-state index in [1.54, 1.807) is 0 Å². The smallest absolute Gasteiger partial charge is 0.237 e. The van der Waals surface area contributed by atoms with Gasteiger partial charge in [-0.2, -0.15) is 0 Å². The van der Waals surface area contributed by atoms with Gasteiger partial charge in [-0.1, -0.05) is 51.0 Å². The first-order valence-corrected chi connectivity index (χ1v) is 6.07. The first-order chi connectivity index (χ1) is 7.15. The molecule has 5 heteroatoms. The fourth-order valence-corrected chi connectivity index (χ4v) is 2.41. The summed E-state index contributed by atoms with van der Waals surface area (Å²) in [7, 11) is 0. The Morgan fingerprint density at radius 2 is 1.93 bits per heavy atom. The minimum Gasteiger partial charge on any atom is -0.278 e. The third-order valence-corrected chi connectivity index (χ3v) is 3.30. The number of rotatable bonds is 1. The minimum absolute atomic E-state index is 0.0899. The maximum absolute atomic E-state index is 11.2. The molecule has 0 unspecified atom stereocenters. The van der Waals surface area contributed by atoms with E-state index >= 15 is 0 Å². The van der Waals surface area contributed by atoms with Crippen LogP contribution in [-0.2, 0) is 0 Å². The molecule has 1 heterocycles. The zero-order chi connectivity index (χ0) is 10.8. The third-order valence-electron chi connectivity index (χ3n) is 1.73. The molecule has 15 heavy (non-hydrogen) atoms. The van der Waals surface area contributed by atoms with Crippen LogP contribution in [0.1, 0.15) is 0 Å². The van der Waals surface area contributed by atoms with Gasteiger partial charge < -0.3 is 0 Å². The van der Waals surface area contributed by atoms with Crippen molar-refractivity contribution in [2.45, 2.75) is 0 Å². The predicted octanol–water partition coefficient (Wildman–Crippen LogP) is 3.59. The van der Waals surface area contributed by atoms with E-state index < -0.39 is 0 Å². The average molecular weight is 303 g/mol. The van der Waals surface area contributed by atoms with Crippen LogP contribution in [0.15, 0.2) is 39.6 Å². The third kappa shape index (κ3) is 2.65. The van der Waals surface area contributed by atoms with Crippen molar-refractivity contribution >= 4 is 38.9 Å². The molecule has 0 aliphatic heterocycles. The first kappa shape index (κ1) is 10.8. The number of hydrogen-bond acceptors (Lipinski definition) is 3. The number of hydrogen-bond donors (Lipinski definition) is 0. The zero-order valence-corrected chi connectivity index (χ0v) is 10.6. The van der Waals surface area contributed by atoms with Gasteiger partial charge in [0, 0.05) is 16.1 Å². The summed E-state index contributed by atoms with van der Waals surface area (Å²) < 4.78 is 0.897. The number of halogens is 2. The van der Waals surface area contributed by atoms with Crippen LogP contribution in [0, 0.1) is 0 Å². The summed E-state index contributed by atoms with van der Waals surface area (Å²) in [5, 5.41) is 0.872. The SMILES string of the molecule is O=c1cc(Cl)nc(-c2ccc(Br)cc2)s1. The highest BCUT2D eigenvalue weighted by Crippen LogP contribution is 2.22. The van der Waals surface area contributed by atoms with Gasteiger partial charge in [-0.3, -0.25) is 4.79 Å². The van der Waals surface area contributed by atoms with Gasteiger partial charge in [0.25, 0.3) is 0 Å². The quantitative estimate of drug-likeness (QED) is 0.806. The highest BCUT2D eigenvalue weighted by molar-refractivity contribution is 9.10. The van der Waals surface area contributed by atoms with Gasteiger partial charge in [0.05, 0.1) is 0 Å². The lowest BCUT2D eigenvalue weighted by molar-refractivity contribution is 1.37. The molecule has 0 aliphatic rings. The fourth-order valence-electron chi connectivity index (χ4n) is 1.09. The largest absolute Gasteiger partial charge is 0.278 e. The molecule has 0 atom stereocenters. The van der Waals surface area contributed by atoms with Crippen LogP contribution in [0.2, 0.25) is 5.15 Å². The Labute approximate surface area is 104 Å². The van der Waals surface area contributed by atoms with Crippen molar-refractivity contribution in [3.8, 4) is 10.6 Å². The summed E-state index contributed by atoms with van der Waals surface area (Å²) in [6, 6.07) is 8.89. The number of aromatic nitrogens is 1. The number of benzene rings is 1. The van der Waals surface area contributed by atoms with Crippen molar-refractivity contribution in [3.05, 3.63) is 49.5 Å². The monoisotopic (exact) mass is 301 g/mol. The lowest BCUT2D eigenvalue weighted by Gasteiger charge is -1.99. The van der Waals surface area contributed by atoms with E-state index in [2.05, 4.69) is 20.9 Å². The van der Waals surface area contributed by atoms with Crippen molar-refractivity contribution in [1.82, 2.24) is 4.98 Å². The van der Waals surface area contributed by atoms with Crippen LogP contribution in [0.3, 0.4) is 0 Å². The average Bonchev–Trinajstić information content (AvgIpc) is 2.17. The molecule has 0 aliphatic carbocycles. The molecule has 0 saturated carbocycles. The van der Waals surface area contributed by atoms with Crippen LogP contribution in [-0.4, -0.2) is 4.98 Å². The Morgan fingerprint density at radius 3 is 2.53 bits per heavy atom. The van der Waals surface area contributed by atoms with Gasteiger partial charge in [-0.25, -0.2) is 4.98 Å². The summed E-state index contributed by atoms with van der Waals surface area (Å²) in [6.45, 7) is 0. The maximum atomic E-state index is 11.2.